The second-order valence-corrected chi connectivity index (χ2v) is 9.07. The van der Waals surface area contributed by atoms with Crippen LogP contribution in [0.15, 0.2) is 27.2 Å². The Morgan fingerprint density at radius 1 is 1.34 bits per heavy atom. The lowest BCUT2D eigenvalue weighted by atomic mass is 9.96. The third-order valence-corrected chi connectivity index (χ3v) is 5.10. The van der Waals surface area contributed by atoms with E-state index in [9.17, 15) is 18.0 Å². The Kier molecular flexibility index (Phi) is 6.05. The van der Waals surface area contributed by atoms with Gasteiger partial charge in [-0.3, -0.25) is 9.69 Å². The predicted octanol–water partition coefficient (Wildman–Crippen LogP) is 4.37. The van der Waals surface area contributed by atoms with Crippen molar-refractivity contribution in [3.8, 4) is 0 Å². The maximum atomic E-state index is 12.9. The fourth-order valence-corrected chi connectivity index (χ4v) is 3.63. The monoisotopic (exact) mass is 474 g/mol. The van der Waals surface area contributed by atoms with Gasteiger partial charge in [-0.15, -0.1) is 0 Å². The van der Waals surface area contributed by atoms with Crippen molar-refractivity contribution in [1.82, 2.24) is 20.4 Å². The van der Waals surface area contributed by atoms with Crippen LogP contribution in [-0.4, -0.2) is 40.2 Å². The molecule has 6 nitrogen and oxygen atoms in total. The molecule has 0 radical (unpaired) electrons. The van der Waals surface area contributed by atoms with Gasteiger partial charge in [0.05, 0.1) is 12.6 Å². The van der Waals surface area contributed by atoms with E-state index in [0.717, 1.165) is 15.6 Å². The number of hydrogen-bond donors (Lipinski definition) is 1. The first-order chi connectivity index (χ1) is 13.4. The molecule has 10 heteroatoms. The highest BCUT2D eigenvalue weighted by Crippen LogP contribution is 2.31. The van der Waals surface area contributed by atoms with Crippen LogP contribution in [0.4, 0.5) is 13.2 Å². The largest absolute Gasteiger partial charge is 0.401 e. The molecule has 0 unspecified atom stereocenters. The van der Waals surface area contributed by atoms with Gasteiger partial charge in [-0.05, 0) is 29.7 Å². The Labute approximate surface area is 175 Å². The first kappa shape index (κ1) is 21.8. The van der Waals surface area contributed by atoms with Crippen molar-refractivity contribution in [3.05, 3.63) is 45.5 Å². The molecular weight excluding hydrogens is 453 g/mol. The van der Waals surface area contributed by atoms with Crippen molar-refractivity contribution in [2.24, 2.45) is 0 Å². The minimum absolute atomic E-state index is 0.148. The van der Waals surface area contributed by atoms with E-state index in [4.69, 9.17) is 4.52 Å². The number of benzene rings is 1. The summed E-state index contributed by atoms with van der Waals surface area (Å²) >= 11 is 3.36. The zero-order chi connectivity index (χ0) is 21.4. The van der Waals surface area contributed by atoms with Crippen LogP contribution in [-0.2, 0) is 12.0 Å². The standard InChI is InChI=1S/C19H22BrF3N4O2/c1-18(2,3)17-25-16(29-26-17)15(28)24-14-6-7-27(10-19(21,22)23)9-11-8-12(20)4-5-13(11)14/h4-5,8,14H,6-7,9-10H2,1-3H3,(H,24,28)/t14-/m1/s1. The smallest absolute Gasteiger partial charge is 0.341 e. The summed E-state index contributed by atoms with van der Waals surface area (Å²) in [6.45, 7) is 5.03. The summed E-state index contributed by atoms with van der Waals surface area (Å²) in [5.74, 6) is -0.301. The Hall–Kier alpha value is -1.94. The lowest BCUT2D eigenvalue weighted by Crippen LogP contribution is -2.35. The fraction of sp³-hybridized carbons (Fsp3) is 0.526. The molecule has 0 saturated heterocycles. The fourth-order valence-electron chi connectivity index (χ4n) is 3.22. The first-order valence-corrected chi connectivity index (χ1v) is 9.94. The van der Waals surface area contributed by atoms with Crippen molar-refractivity contribution < 1.29 is 22.5 Å². The number of hydrogen-bond acceptors (Lipinski definition) is 5. The van der Waals surface area contributed by atoms with Gasteiger partial charge >= 0.3 is 18.0 Å². The summed E-state index contributed by atoms with van der Waals surface area (Å²) < 4.78 is 44.6. The number of carbonyl (C=O) groups excluding carboxylic acids is 1. The van der Waals surface area contributed by atoms with Crippen molar-refractivity contribution in [2.75, 3.05) is 13.1 Å². The zero-order valence-electron chi connectivity index (χ0n) is 16.3. The molecular formula is C19H22BrF3N4O2. The number of carbonyl (C=O) groups is 1. The zero-order valence-corrected chi connectivity index (χ0v) is 17.9. The molecule has 1 N–H and O–H groups in total. The van der Waals surface area contributed by atoms with E-state index >= 15 is 0 Å². The molecule has 1 aromatic carbocycles. The average molecular weight is 475 g/mol. The van der Waals surface area contributed by atoms with Gasteiger partial charge in [-0.25, -0.2) is 0 Å². The van der Waals surface area contributed by atoms with Gasteiger partial charge in [0.2, 0.25) is 0 Å². The molecule has 0 saturated carbocycles. The summed E-state index contributed by atoms with van der Waals surface area (Å²) in [4.78, 5) is 18.1. The summed E-state index contributed by atoms with van der Waals surface area (Å²) in [7, 11) is 0. The van der Waals surface area contributed by atoms with Crippen LogP contribution in [0.5, 0.6) is 0 Å². The number of alkyl halides is 3. The molecule has 0 spiro atoms. The van der Waals surface area contributed by atoms with Gasteiger partial charge < -0.3 is 9.84 Å². The SMILES string of the molecule is CC(C)(C)c1noc(C(=O)N[C@@H]2CCN(CC(F)(F)F)Cc3cc(Br)ccc32)n1. The van der Waals surface area contributed by atoms with Crippen molar-refractivity contribution in [2.45, 2.75) is 51.4 Å². The number of nitrogens with zero attached hydrogens (tertiary/aromatic N) is 3. The summed E-state index contributed by atoms with van der Waals surface area (Å²) in [5, 5.41) is 6.68. The van der Waals surface area contributed by atoms with Crippen LogP contribution in [0.1, 0.15) is 60.9 Å². The second kappa shape index (κ2) is 8.06. The summed E-state index contributed by atoms with van der Waals surface area (Å²) in [6, 6.07) is 4.94. The molecule has 1 aliphatic rings. The number of rotatable bonds is 3. The minimum atomic E-state index is -4.29. The highest BCUT2D eigenvalue weighted by atomic mass is 79.9. The van der Waals surface area contributed by atoms with Gasteiger partial charge in [-0.2, -0.15) is 18.2 Å². The Bertz CT molecular complexity index is 892. The third kappa shape index (κ3) is 5.57. The summed E-state index contributed by atoms with van der Waals surface area (Å²) in [5.41, 5.74) is 1.13. The second-order valence-electron chi connectivity index (χ2n) is 8.16. The molecule has 1 aromatic heterocycles. The topological polar surface area (TPSA) is 71.3 Å². The van der Waals surface area contributed by atoms with E-state index in [1.165, 1.54) is 4.90 Å². The number of aromatic nitrogens is 2. The molecule has 29 heavy (non-hydrogen) atoms. The molecule has 0 bridgehead atoms. The molecule has 158 valence electrons. The van der Waals surface area contributed by atoms with Crippen LogP contribution in [0, 0.1) is 0 Å². The predicted molar refractivity (Wildman–Crippen MR) is 103 cm³/mol. The van der Waals surface area contributed by atoms with Gasteiger partial charge in [0, 0.05) is 23.0 Å². The number of nitrogens with one attached hydrogen (secondary N) is 1. The van der Waals surface area contributed by atoms with E-state index in [-0.39, 0.29) is 24.4 Å². The Morgan fingerprint density at radius 2 is 2.07 bits per heavy atom. The van der Waals surface area contributed by atoms with Crippen molar-refractivity contribution >= 4 is 21.8 Å². The van der Waals surface area contributed by atoms with Crippen LogP contribution < -0.4 is 5.32 Å². The van der Waals surface area contributed by atoms with Crippen LogP contribution in [0.2, 0.25) is 0 Å². The maximum absolute atomic E-state index is 12.9. The highest BCUT2D eigenvalue weighted by Gasteiger charge is 2.34. The quantitative estimate of drug-likeness (QED) is 0.714. The minimum Gasteiger partial charge on any atom is -0.341 e. The van der Waals surface area contributed by atoms with Crippen LogP contribution >= 0.6 is 15.9 Å². The number of halogens is 4. The summed E-state index contributed by atoms with van der Waals surface area (Å²) in [6.07, 6.45) is -3.96. The van der Waals surface area contributed by atoms with Gasteiger partial charge in [0.1, 0.15) is 0 Å². The highest BCUT2D eigenvalue weighted by molar-refractivity contribution is 9.10. The van der Waals surface area contributed by atoms with Gasteiger partial charge in [0.25, 0.3) is 0 Å². The molecule has 2 aromatic rings. The Morgan fingerprint density at radius 3 is 2.69 bits per heavy atom. The number of fused-ring (bicyclic) bond motifs is 1. The molecule has 2 heterocycles. The Balaban J connectivity index is 1.82. The van der Waals surface area contributed by atoms with E-state index < -0.39 is 24.7 Å². The molecule has 3 rings (SSSR count). The van der Waals surface area contributed by atoms with Gasteiger partial charge in [0.15, 0.2) is 5.82 Å². The normalized spacial score (nSPS) is 18.2. The van der Waals surface area contributed by atoms with Crippen molar-refractivity contribution in [1.29, 1.82) is 0 Å². The van der Waals surface area contributed by atoms with E-state index in [1.807, 2.05) is 32.9 Å². The molecule has 1 aliphatic heterocycles. The third-order valence-electron chi connectivity index (χ3n) is 4.61. The van der Waals surface area contributed by atoms with Gasteiger partial charge in [-0.1, -0.05) is 47.9 Å². The maximum Gasteiger partial charge on any atom is 0.401 e. The van der Waals surface area contributed by atoms with E-state index in [2.05, 4.69) is 31.4 Å². The van der Waals surface area contributed by atoms with E-state index in [1.54, 1.807) is 6.07 Å². The lowest BCUT2D eigenvalue weighted by Gasteiger charge is -2.22. The van der Waals surface area contributed by atoms with Crippen LogP contribution in [0.3, 0.4) is 0 Å². The van der Waals surface area contributed by atoms with Crippen LogP contribution in [0.25, 0.3) is 0 Å². The molecule has 1 atom stereocenters. The first-order valence-electron chi connectivity index (χ1n) is 9.15. The lowest BCUT2D eigenvalue weighted by molar-refractivity contribution is -0.147. The molecule has 0 aliphatic carbocycles. The average Bonchev–Trinajstić information content (AvgIpc) is 3.02. The molecule has 1 amide bonds. The van der Waals surface area contributed by atoms with Crippen molar-refractivity contribution in [3.63, 3.8) is 0 Å². The number of amides is 1. The van der Waals surface area contributed by atoms with E-state index in [0.29, 0.717) is 12.2 Å². The molecule has 0 fully saturated rings.